The van der Waals surface area contributed by atoms with Gasteiger partial charge < -0.3 is 9.84 Å². The van der Waals surface area contributed by atoms with E-state index in [1.165, 1.54) is 13.2 Å². The van der Waals surface area contributed by atoms with E-state index in [-0.39, 0.29) is 17.5 Å². The fourth-order valence-electron chi connectivity index (χ4n) is 2.82. The standard InChI is InChI=1S/C15H23NO4S/c1-10-4-6-13(11(10)2)16-21(18,19)15-8-12(9-17)5-7-14(15)20-3/h5,7-8,10-11,13,16-17H,4,6,9H2,1-3H3. The van der Waals surface area contributed by atoms with Gasteiger partial charge in [0.2, 0.25) is 10.0 Å². The van der Waals surface area contributed by atoms with Crippen LogP contribution in [0.2, 0.25) is 0 Å². The van der Waals surface area contributed by atoms with Crippen molar-refractivity contribution in [1.29, 1.82) is 0 Å². The summed E-state index contributed by atoms with van der Waals surface area (Å²) < 4.78 is 33.2. The average Bonchev–Trinajstić information content (AvgIpc) is 2.78. The summed E-state index contributed by atoms with van der Waals surface area (Å²) >= 11 is 0. The SMILES string of the molecule is COc1ccc(CO)cc1S(=O)(=O)NC1CCC(C)C1C. The van der Waals surface area contributed by atoms with E-state index < -0.39 is 10.0 Å². The molecule has 3 unspecified atom stereocenters. The van der Waals surface area contributed by atoms with Gasteiger partial charge in [0.1, 0.15) is 10.6 Å². The lowest BCUT2D eigenvalue weighted by Crippen LogP contribution is -2.37. The molecule has 3 atom stereocenters. The van der Waals surface area contributed by atoms with Crippen LogP contribution in [0.3, 0.4) is 0 Å². The molecule has 0 bridgehead atoms. The molecule has 0 spiro atoms. The van der Waals surface area contributed by atoms with Gasteiger partial charge >= 0.3 is 0 Å². The molecule has 1 fully saturated rings. The number of aliphatic hydroxyl groups is 1. The Bertz CT molecular complexity index is 600. The Balaban J connectivity index is 2.31. The summed E-state index contributed by atoms with van der Waals surface area (Å²) in [5.74, 6) is 1.12. The number of ether oxygens (including phenoxy) is 1. The highest BCUT2D eigenvalue weighted by atomic mass is 32.2. The maximum atomic E-state index is 12.6. The van der Waals surface area contributed by atoms with Crippen LogP contribution in [-0.4, -0.2) is 26.7 Å². The van der Waals surface area contributed by atoms with Crippen LogP contribution in [0.25, 0.3) is 0 Å². The smallest absolute Gasteiger partial charge is 0.244 e. The third-order valence-corrected chi connectivity index (χ3v) is 5.98. The molecule has 1 aromatic rings. The number of nitrogens with one attached hydrogen (secondary N) is 1. The van der Waals surface area contributed by atoms with Crippen molar-refractivity contribution in [2.45, 2.75) is 44.2 Å². The van der Waals surface area contributed by atoms with Gasteiger partial charge in [-0.25, -0.2) is 13.1 Å². The molecule has 6 heteroatoms. The predicted octanol–water partition coefficient (Wildman–Crippen LogP) is 1.90. The number of rotatable bonds is 5. The van der Waals surface area contributed by atoms with Gasteiger partial charge in [-0.2, -0.15) is 0 Å². The largest absolute Gasteiger partial charge is 0.495 e. The van der Waals surface area contributed by atoms with Crippen LogP contribution in [0.4, 0.5) is 0 Å². The Morgan fingerprint density at radius 2 is 2.05 bits per heavy atom. The Kier molecular flexibility index (Phi) is 4.91. The van der Waals surface area contributed by atoms with Gasteiger partial charge in [-0.3, -0.25) is 0 Å². The number of benzene rings is 1. The molecular weight excluding hydrogens is 290 g/mol. The van der Waals surface area contributed by atoms with Gasteiger partial charge in [-0.1, -0.05) is 19.9 Å². The summed E-state index contributed by atoms with van der Waals surface area (Å²) in [6.07, 6.45) is 1.88. The van der Waals surface area contributed by atoms with Crippen molar-refractivity contribution in [1.82, 2.24) is 4.72 Å². The molecule has 0 aromatic heterocycles. The highest BCUT2D eigenvalue weighted by molar-refractivity contribution is 7.89. The normalized spacial score (nSPS) is 26.0. The third kappa shape index (κ3) is 3.39. The summed E-state index contributed by atoms with van der Waals surface area (Å²) in [4.78, 5) is 0.0864. The molecule has 0 radical (unpaired) electrons. The Labute approximate surface area is 126 Å². The average molecular weight is 313 g/mol. The highest BCUT2D eigenvalue weighted by Gasteiger charge is 2.34. The fourth-order valence-corrected chi connectivity index (χ4v) is 4.40. The van der Waals surface area contributed by atoms with E-state index in [9.17, 15) is 13.5 Å². The van der Waals surface area contributed by atoms with Gasteiger partial charge in [0.15, 0.2) is 0 Å². The minimum atomic E-state index is -3.66. The van der Waals surface area contributed by atoms with Crippen molar-refractivity contribution < 1.29 is 18.3 Å². The Morgan fingerprint density at radius 1 is 1.33 bits per heavy atom. The molecule has 0 saturated heterocycles. The zero-order chi connectivity index (χ0) is 15.6. The minimum Gasteiger partial charge on any atom is -0.495 e. The maximum Gasteiger partial charge on any atom is 0.244 e. The molecule has 5 nitrogen and oxygen atoms in total. The molecule has 0 amide bonds. The number of methoxy groups -OCH3 is 1. The van der Waals surface area contributed by atoms with E-state index in [1.807, 2.05) is 0 Å². The molecule has 1 saturated carbocycles. The van der Waals surface area contributed by atoms with E-state index in [1.54, 1.807) is 12.1 Å². The first-order chi connectivity index (χ1) is 9.89. The molecule has 1 aromatic carbocycles. The predicted molar refractivity (Wildman–Crippen MR) is 80.6 cm³/mol. The molecule has 1 aliphatic rings. The topological polar surface area (TPSA) is 75.6 Å². The van der Waals surface area contributed by atoms with E-state index >= 15 is 0 Å². The van der Waals surface area contributed by atoms with Crippen molar-refractivity contribution in [2.24, 2.45) is 11.8 Å². The first kappa shape index (κ1) is 16.3. The van der Waals surface area contributed by atoms with Crippen LogP contribution in [0.5, 0.6) is 5.75 Å². The molecular formula is C15H23NO4S. The van der Waals surface area contributed by atoms with Crippen molar-refractivity contribution in [3.8, 4) is 5.75 Å². The number of hydrogen-bond acceptors (Lipinski definition) is 4. The number of sulfonamides is 1. The van der Waals surface area contributed by atoms with Crippen LogP contribution in [0, 0.1) is 11.8 Å². The van der Waals surface area contributed by atoms with Gasteiger partial charge in [-0.15, -0.1) is 0 Å². The van der Waals surface area contributed by atoms with E-state index in [0.29, 0.717) is 23.1 Å². The van der Waals surface area contributed by atoms with Crippen molar-refractivity contribution in [3.05, 3.63) is 23.8 Å². The lowest BCUT2D eigenvalue weighted by Gasteiger charge is -2.20. The zero-order valence-electron chi connectivity index (χ0n) is 12.7. The van der Waals surface area contributed by atoms with Gasteiger partial charge in [0.25, 0.3) is 0 Å². The first-order valence-electron chi connectivity index (χ1n) is 7.19. The van der Waals surface area contributed by atoms with E-state index in [4.69, 9.17) is 4.74 Å². The van der Waals surface area contributed by atoms with Crippen LogP contribution in [-0.2, 0) is 16.6 Å². The second-order valence-electron chi connectivity index (χ2n) is 5.78. The zero-order valence-corrected chi connectivity index (χ0v) is 13.5. The lowest BCUT2D eigenvalue weighted by molar-refractivity contribution is 0.281. The van der Waals surface area contributed by atoms with Gasteiger partial charge in [-0.05, 0) is 42.4 Å². The fraction of sp³-hybridized carbons (Fsp3) is 0.600. The van der Waals surface area contributed by atoms with Crippen molar-refractivity contribution in [3.63, 3.8) is 0 Å². The summed E-state index contributed by atoms with van der Waals surface area (Å²) in [5.41, 5.74) is 0.545. The number of aliphatic hydroxyl groups excluding tert-OH is 1. The summed E-state index contributed by atoms with van der Waals surface area (Å²) in [7, 11) is -2.22. The van der Waals surface area contributed by atoms with Crippen LogP contribution in [0.1, 0.15) is 32.3 Å². The van der Waals surface area contributed by atoms with Crippen molar-refractivity contribution >= 4 is 10.0 Å². The van der Waals surface area contributed by atoms with Crippen LogP contribution < -0.4 is 9.46 Å². The van der Waals surface area contributed by atoms with E-state index in [2.05, 4.69) is 18.6 Å². The minimum absolute atomic E-state index is 0.0486. The maximum absolute atomic E-state index is 12.6. The van der Waals surface area contributed by atoms with Crippen LogP contribution >= 0.6 is 0 Å². The van der Waals surface area contributed by atoms with E-state index in [0.717, 1.165) is 12.8 Å². The molecule has 2 N–H and O–H groups in total. The summed E-state index contributed by atoms with van der Waals surface area (Å²) in [6.45, 7) is 4.02. The second kappa shape index (κ2) is 6.34. The molecule has 118 valence electrons. The Morgan fingerprint density at radius 3 is 2.57 bits per heavy atom. The lowest BCUT2D eigenvalue weighted by atomic mass is 9.98. The highest BCUT2D eigenvalue weighted by Crippen LogP contribution is 2.33. The molecule has 0 heterocycles. The number of hydrogen-bond donors (Lipinski definition) is 2. The molecule has 0 aliphatic heterocycles. The quantitative estimate of drug-likeness (QED) is 0.870. The first-order valence-corrected chi connectivity index (χ1v) is 8.67. The molecule has 2 rings (SSSR count). The third-order valence-electron chi connectivity index (χ3n) is 4.47. The van der Waals surface area contributed by atoms with Gasteiger partial charge in [0.05, 0.1) is 13.7 Å². The molecule has 1 aliphatic carbocycles. The van der Waals surface area contributed by atoms with Gasteiger partial charge in [0, 0.05) is 6.04 Å². The van der Waals surface area contributed by atoms with Crippen LogP contribution in [0.15, 0.2) is 23.1 Å². The second-order valence-corrected chi connectivity index (χ2v) is 7.47. The summed E-state index contributed by atoms with van der Waals surface area (Å²) in [5, 5.41) is 9.20. The monoisotopic (exact) mass is 313 g/mol. The molecule has 21 heavy (non-hydrogen) atoms. The van der Waals surface area contributed by atoms with Crippen molar-refractivity contribution in [2.75, 3.05) is 7.11 Å². The summed E-state index contributed by atoms with van der Waals surface area (Å²) in [6, 6.07) is 4.64. The Hall–Kier alpha value is -1.11.